The third kappa shape index (κ3) is 3.93. The Labute approximate surface area is 161 Å². The number of anilines is 1. The van der Waals surface area contributed by atoms with E-state index >= 15 is 0 Å². The van der Waals surface area contributed by atoms with Gasteiger partial charge in [-0.05, 0) is 55.5 Å². The third-order valence-electron chi connectivity index (χ3n) is 3.65. The van der Waals surface area contributed by atoms with E-state index in [1.54, 1.807) is 61.5 Å². The van der Waals surface area contributed by atoms with Gasteiger partial charge in [0.1, 0.15) is 5.82 Å². The van der Waals surface area contributed by atoms with E-state index in [1.165, 1.54) is 12.1 Å². The Morgan fingerprint density at radius 1 is 0.808 bits per heavy atom. The number of rotatable bonds is 3. The van der Waals surface area contributed by atoms with Gasteiger partial charge in [0.2, 0.25) is 0 Å². The summed E-state index contributed by atoms with van der Waals surface area (Å²) in [6.45, 7) is 1.79. The lowest BCUT2D eigenvalue weighted by Gasteiger charge is -2.20. The van der Waals surface area contributed by atoms with Crippen LogP contribution in [-0.2, 0) is 0 Å². The van der Waals surface area contributed by atoms with Crippen molar-refractivity contribution in [3.63, 3.8) is 0 Å². The molecule has 4 nitrogen and oxygen atoms in total. The fourth-order valence-corrected chi connectivity index (χ4v) is 2.84. The molecule has 0 unspecified atom stereocenters. The van der Waals surface area contributed by atoms with Crippen LogP contribution >= 0.6 is 23.2 Å². The molecule has 0 spiro atoms. The first kappa shape index (κ1) is 18.1. The number of halogens is 2. The largest absolute Gasteiger partial charge is 0.268 e. The van der Waals surface area contributed by atoms with Crippen LogP contribution in [-0.4, -0.2) is 16.8 Å². The maximum absolute atomic E-state index is 13.1. The molecule has 3 rings (SSSR count). The van der Waals surface area contributed by atoms with Crippen LogP contribution in [0.3, 0.4) is 0 Å². The summed E-state index contributed by atoms with van der Waals surface area (Å²) in [4.78, 5) is 31.5. The molecule has 0 radical (unpaired) electrons. The van der Waals surface area contributed by atoms with Gasteiger partial charge in [-0.2, -0.15) is 0 Å². The number of hydrogen-bond donors (Lipinski definition) is 0. The van der Waals surface area contributed by atoms with Gasteiger partial charge in [0.15, 0.2) is 0 Å². The van der Waals surface area contributed by atoms with Crippen molar-refractivity contribution < 1.29 is 9.59 Å². The van der Waals surface area contributed by atoms with Crippen molar-refractivity contribution in [1.29, 1.82) is 0 Å². The Balaban J connectivity index is 2.10. The van der Waals surface area contributed by atoms with E-state index in [4.69, 9.17) is 23.2 Å². The van der Waals surface area contributed by atoms with Crippen LogP contribution in [0.1, 0.15) is 26.4 Å². The Kier molecular flexibility index (Phi) is 5.35. The lowest BCUT2D eigenvalue weighted by Crippen LogP contribution is -2.37. The smallest absolute Gasteiger partial charge is 0.266 e. The highest BCUT2D eigenvalue weighted by Gasteiger charge is 2.27. The molecule has 0 fully saturated rings. The first-order chi connectivity index (χ1) is 12.5. The first-order valence-electron chi connectivity index (χ1n) is 7.79. The summed E-state index contributed by atoms with van der Waals surface area (Å²) in [5.74, 6) is -0.800. The predicted molar refractivity (Wildman–Crippen MR) is 103 cm³/mol. The standard InChI is InChI=1S/C20H14Cl2N2O2/c1-13-5-2-10-18(23-13)24(19(25)14-6-3-8-16(21)11-14)20(26)15-7-4-9-17(22)12-15/h2-12H,1H3. The van der Waals surface area contributed by atoms with Gasteiger partial charge in [0.05, 0.1) is 0 Å². The highest BCUT2D eigenvalue weighted by molar-refractivity contribution is 6.32. The third-order valence-corrected chi connectivity index (χ3v) is 4.12. The van der Waals surface area contributed by atoms with Crippen molar-refractivity contribution in [3.8, 4) is 0 Å². The van der Waals surface area contributed by atoms with Crippen LogP contribution in [0.5, 0.6) is 0 Å². The number of hydrogen-bond acceptors (Lipinski definition) is 3. The van der Waals surface area contributed by atoms with Gasteiger partial charge in [0.25, 0.3) is 11.8 Å². The van der Waals surface area contributed by atoms with Gasteiger partial charge >= 0.3 is 0 Å². The second-order valence-corrected chi connectivity index (χ2v) is 6.48. The average molecular weight is 385 g/mol. The number of imide groups is 1. The lowest BCUT2D eigenvalue weighted by molar-refractivity contribution is 0.0896. The first-order valence-corrected chi connectivity index (χ1v) is 8.55. The average Bonchev–Trinajstić information content (AvgIpc) is 2.62. The van der Waals surface area contributed by atoms with E-state index in [-0.39, 0.29) is 16.9 Å². The van der Waals surface area contributed by atoms with Gasteiger partial charge < -0.3 is 0 Å². The molecule has 0 aliphatic carbocycles. The van der Waals surface area contributed by atoms with Gasteiger partial charge in [-0.25, -0.2) is 9.88 Å². The summed E-state index contributed by atoms with van der Waals surface area (Å²) in [7, 11) is 0. The Morgan fingerprint density at radius 2 is 1.31 bits per heavy atom. The van der Waals surface area contributed by atoms with Crippen molar-refractivity contribution in [2.24, 2.45) is 0 Å². The number of aryl methyl sites for hydroxylation is 1. The van der Waals surface area contributed by atoms with Gasteiger partial charge in [-0.15, -0.1) is 0 Å². The zero-order valence-electron chi connectivity index (χ0n) is 13.8. The second kappa shape index (κ2) is 7.68. The monoisotopic (exact) mass is 384 g/mol. The van der Waals surface area contributed by atoms with E-state index in [0.29, 0.717) is 15.7 Å². The summed E-state index contributed by atoms with van der Waals surface area (Å²) in [6, 6.07) is 18.0. The van der Waals surface area contributed by atoms with E-state index < -0.39 is 11.8 Å². The quantitative estimate of drug-likeness (QED) is 0.584. The lowest BCUT2D eigenvalue weighted by atomic mass is 10.1. The molecule has 0 saturated heterocycles. The second-order valence-electron chi connectivity index (χ2n) is 5.60. The minimum atomic E-state index is -0.518. The number of nitrogens with zero attached hydrogens (tertiary/aromatic N) is 2. The van der Waals surface area contributed by atoms with Crippen molar-refractivity contribution in [3.05, 3.63) is 93.6 Å². The molecule has 2 amide bonds. The highest BCUT2D eigenvalue weighted by atomic mass is 35.5. The summed E-state index contributed by atoms with van der Waals surface area (Å²) < 4.78 is 0. The zero-order valence-corrected chi connectivity index (χ0v) is 15.3. The Bertz CT molecular complexity index is 931. The number of carbonyl (C=O) groups is 2. The van der Waals surface area contributed by atoms with E-state index in [2.05, 4.69) is 4.98 Å². The molecule has 1 aromatic heterocycles. The van der Waals surface area contributed by atoms with E-state index in [1.807, 2.05) is 0 Å². The molecule has 0 bridgehead atoms. The maximum atomic E-state index is 13.1. The molecule has 0 aliphatic heterocycles. The summed E-state index contributed by atoms with van der Waals surface area (Å²) in [5, 5.41) is 0.811. The zero-order chi connectivity index (χ0) is 18.7. The Hall–Kier alpha value is -2.69. The van der Waals surface area contributed by atoms with Crippen LogP contribution in [0, 0.1) is 6.92 Å². The van der Waals surface area contributed by atoms with Crippen LogP contribution < -0.4 is 4.90 Å². The minimum Gasteiger partial charge on any atom is -0.268 e. The summed E-state index contributed by atoms with van der Waals surface area (Å²) in [6.07, 6.45) is 0. The maximum Gasteiger partial charge on any atom is 0.266 e. The molecule has 0 atom stereocenters. The molecule has 6 heteroatoms. The summed E-state index contributed by atoms with van der Waals surface area (Å²) in [5.41, 5.74) is 1.26. The number of carbonyl (C=O) groups excluding carboxylic acids is 2. The van der Waals surface area contributed by atoms with Gasteiger partial charge in [-0.3, -0.25) is 9.59 Å². The van der Waals surface area contributed by atoms with E-state index in [0.717, 1.165) is 4.90 Å². The van der Waals surface area contributed by atoms with Crippen LogP contribution in [0.4, 0.5) is 5.82 Å². The van der Waals surface area contributed by atoms with Gasteiger partial charge in [-0.1, -0.05) is 41.4 Å². The molecule has 26 heavy (non-hydrogen) atoms. The number of amides is 2. The van der Waals surface area contributed by atoms with Crippen molar-refractivity contribution in [2.75, 3.05) is 4.90 Å². The SMILES string of the molecule is Cc1cccc(N(C(=O)c2cccc(Cl)c2)C(=O)c2cccc(Cl)c2)n1. The Morgan fingerprint density at radius 3 is 1.77 bits per heavy atom. The molecule has 130 valence electrons. The minimum absolute atomic E-state index is 0.236. The van der Waals surface area contributed by atoms with Crippen LogP contribution in [0.2, 0.25) is 10.0 Å². The topological polar surface area (TPSA) is 50.3 Å². The predicted octanol–water partition coefficient (Wildman–Crippen LogP) is 5.18. The molecular weight excluding hydrogens is 371 g/mol. The molecule has 0 N–H and O–H groups in total. The van der Waals surface area contributed by atoms with Crippen molar-refractivity contribution >= 4 is 40.8 Å². The molecular formula is C20H14Cl2N2O2. The van der Waals surface area contributed by atoms with E-state index in [9.17, 15) is 9.59 Å². The summed E-state index contributed by atoms with van der Waals surface area (Å²) >= 11 is 12.0. The fraction of sp³-hybridized carbons (Fsp3) is 0.0500. The fourth-order valence-electron chi connectivity index (χ4n) is 2.45. The molecule has 2 aromatic carbocycles. The van der Waals surface area contributed by atoms with Crippen LogP contribution in [0.15, 0.2) is 66.7 Å². The number of pyridine rings is 1. The molecule has 0 saturated carbocycles. The van der Waals surface area contributed by atoms with Crippen LogP contribution in [0.25, 0.3) is 0 Å². The molecule has 3 aromatic rings. The van der Waals surface area contributed by atoms with Crippen molar-refractivity contribution in [2.45, 2.75) is 6.92 Å². The normalized spacial score (nSPS) is 10.4. The number of aromatic nitrogens is 1. The molecule has 0 aliphatic rings. The number of benzene rings is 2. The van der Waals surface area contributed by atoms with Crippen molar-refractivity contribution in [1.82, 2.24) is 4.98 Å². The highest BCUT2D eigenvalue weighted by Crippen LogP contribution is 2.21. The van der Waals surface area contributed by atoms with Gasteiger partial charge in [0, 0.05) is 26.9 Å². The molecule has 1 heterocycles.